The Morgan fingerprint density at radius 2 is 1.65 bits per heavy atom. The molecule has 1 aromatic rings. The Kier molecular flexibility index (Phi) is 6.01. The summed E-state index contributed by atoms with van der Waals surface area (Å²) in [6.07, 6.45) is 2.03. The molecule has 142 valence electrons. The van der Waals surface area contributed by atoms with Crippen LogP contribution in [0, 0.1) is 5.92 Å². The zero-order valence-electron chi connectivity index (χ0n) is 15.7. The van der Waals surface area contributed by atoms with Crippen molar-refractivity contribution in [2.24, 2.45) is 5.92 Å². The molecule has 0 spiro atoms. The molecule has 0 unspecified atom stereocenters. The highest BCUT2D eigenvalue weighted by Crippen LogP contribution is 2.30. The molecule has 2 heterocycles. The predicted octanol–water partition coefficient (Wildman–Crippen LogP) is 2.11. The molecular formula is C20H28N2O4. The lowest BCUT2D eigenvalue weighted by atomic mass is 10.1. The third kappa shape index (κ3) is 4.48. The van der Waals surface area contributed by atoms with E-state index in [1.165, 1.54) is 0 Å². The standard InChI is InChI=1S/C20H28N2O4/c1-15(2)20(24)22-8-3-7-21(9-10-22)19(23)14-16-5-6-17-18(13-16)26-12-4-11-25-17/h5-6,13,15H,3-4,7-12,14H2,1-2H3. The smallest absolute Gasteiger partial charge is 0.227 e. The summed E-state index contributed by atoms with van der Waals surface area (Å²) in [5, 5.41) is 0. The number of nitrogens with zero attached hydrogens (tertiary/aromatic N) is 2. The summed E-state index contributed by atoms with van der Waals surface area (Å²) >= 11 is 0. The quantitative estimate of drug-likeness (QED) is 0.828. The van der Waals surface area contributed by atoms with Crippen molar-refractivity contribution in [1.82, 2.24) is 9.80 Å². The van der Waals surface area contributed by atoms with E-state index in [1.807, 2.05) is 41.8 Å². The third-order valence-corrected chi connectivity index (χ3v) is 4.82. The molecule has 0 atom stereocenters. The number of hydrogen-bond donors (Lipinski definition) is 0. The fourth-order valence-electron chi connectivity index (χ4n) is 3.36. The van der Waals surface area contributed by atoms with Gasteiger partial charge >= 0.3 is 0 Å². The first-order chi connectivity index (χ1) is 12.5. The fraction of sp³-hybridized carbons (Fsp3) is 0.600. The second kappa shape index (κ2) is 8.43. The van der Waals surface area contributed by atoms with Crippen molar-refractivity contribution in [3.63, 3.8) is 0 Å². The first-order valence-corrected chi connectivity index (χ1v) is 9.49. The average molecular weight is 360 g/mol. The molecule has 0 bridgehead atoms. The minimum Gasteiger partial charge on any atom is -0.490 e. The van der Waals surface area contributed by atoms with E-state index < -0.39 is 0 Å². The average Bonchev–Trinajstić information content (AvgIpc) is 3.01. The molecule has 1 saturated heterocycles. The molecule has 3 rings (SSSR count). The second-order valence-corrected chi connectivity index (χ2v) is 7.22. The van der Waals surface area contributed by atoms with Crippen LogP contribution in [0.1, 0.15) is 32.3 Å². The molecule has 0 aromatic heterocycles. The molecule has 6 heteroatoms. The monoisotopic (exact) mass is 360 g/mol. The molecule has 26 heavy (non-hydrogen) atoms. The number of rotatable bonds is 3. The van der Waals surface area contributed by atoms with Crippen molar-refractivity contribution in [3.8, 4) is 11.5 Å². The lowest BCUT2D eigenvalue weighted by Gasteiger charge is -2.23. The van der Waals surface area contributed by atoms with Gasteiger partial charge in [0, 0.05) is 38.5 Å². The summed E-state index contributed by atoms with van der Waals surface area (Å²) in [5.41, 5.74) is 0.929. The lowest BCUT2D eigenvalue weighted by molar-refractivity contribution is -0.135. The van der Waals surface area contributed by atoms with Crippen LogP contribution in [-0.2, 0) is 16.0 Å². The van der Waals surface area contributed by atoms with Crippen molar-refractivity contribution in [2.75, 3.05) is 39.4 Å². The van der Waals surface area contributed by atoms with Gasteiger partial charge in [0.05, 0.1) is 19.6 Å². The molecule has 0 N–H and O–H groups in total. The van der Waals surface area contributed by atoms with Gasteiger partial charge in [-0.2, -0.15) is 0 Å². The number of carbonyl (C=O) groups excluding carboxylic acids is 2. The Labute approximate surface area is 155 Å². The van der Waals surface area contributed by atoms with Crippen LogP contribution in [-0.4, -0.2) is 61.0 Å². The maximum atomic E-state index is 12.7. The molecule has 2 aliphatic rings. The van der Waals surface area contributed by atoms with E-state index in [0.29, 0.717) is 39.3 Å². The molecule has 0 aliphatic carbocycles. The zero-order valence-corrected chi connectivity index (χ0v) is 15.7. The Morgan fingerprint density at radius 3 is 2.42 bits per heavy atom. The van der Waals surface area contributed by atoms with Crippen molar-refractivity contribution < 1.29 is 19.1 Å². The fourth-order valence-corrected chi connectivity index (χ4v) is 3.36. The van der Waals surface area contributed by atoms with Gasteiger partial charge in [0.15, 0.2) is 11.5 Å². The molecule has 1 aromatic carbocycles. The summed E-state index contributed by atoms with van der Waals surface area (Å²) in [6, 6.07) is 5.72. The van der Waals surface area contributed by atoms with E-state index in [4.69, 9.17) is 9.47 Å². The van der Waals surface area contributed by atoms with Crippen molar-refractivity contribution in [3.05, 3.63) is 23.8 Å². The van der Waals surface area contributed by atoms with Crippen molar-refractivity contribution >= 4 is 11.8 Å². The minimum atomic E-state index is -0.000882. The summed E-state index contributed by atoms with van der Waals surface area (Å²) in [7, 11) is 0. The number of benzene rings is 1. The number of hydrogen-bond acceptors (Lipinski definition) is 4. The molecule has 6 nitrogen and oxygen atoms in total. The summed E-state index contributed by atoms with van der Waals surface area (Å²) in [6.45, 7) is 7.77. The zero-order chi connectivity index (χ0) is 18.5. The van der Waals surface area contributed by atoms with Gasteiger partial charge in [0.1, 0.15) is 0 Å². The van der Waals surface area contributed by atoms with Gasteiger partial charge in [0.2, 0.25) is 11.8 Å². The number of ether oxygens (including phenoxy) is 2. The van der Waals surface area contributed by atoms with E-state index in [-0.39, 0.29) is 17.7 Å². The summed E-state index contributed by atoms with van der Waals surface area (Å²) < 4.78 is 11.3. The predicted molar refractivity (Wildman–Crippen MR) is 98.4 cm³/mol. The third-order valence-electron chi connectivity index (χ3n) is 4.82. The Morgan fingerprint density at radius 1 is 0.962 bits per heavy atom. The topological polar surface area (TPSA) is 59.1 Å². The highest BCUT2D eigenvalue weighted by atomic mass is 16.5. The normalized spacial score (nSPS) is 17.7. The van der Waals surface area contributed by atoms with Crippen molar-refractivity contribution in [1.29, 1.82) is 0 Å². The maximum absolute atomic E-state index is 12.7. The van der Waals surface area contributed by atoms with E-state index >= 15 is 0 Å². The van der Waals surface area contributed by atoms with Gasteiger partial charge in [-0.15, -0.1) is 0 Å². The van der Waals surface area contributed by atoms with E-state index in [0.717, 1.165) is 36.4 Å². The van der Waals surface area contributed by atoms with Crippen molar-refractivity contribution in [2.45, 2.75) is 33.1 Å². The molecule has 0 saturated carbocycles. The lowest BCUT2D eigenvalue weighted by Crippen LogP contribution is -2.39. The van der Waals surface area contributed by atoms with E-state index in [1.54, 1.807) is 0 Å². The van der Waals surface area contributed by atoms with Crippen LogP contribution in [0.4, 0.5) is 0 Å². The van der Waals surface area contributed by atoms with Crippen LogP contribution in [0.5, 0.6) is 11.5 Å². The SMILES string of the molecule is CC(C)C(=O)N1CCCN(C(=O)Cc2ccc3c(c2)OCCCO3)CC1. The summed E-state index contributed by atoms with van der Waals surface area (Å²) in [5.74, 6) is 1.73. The number of fused-ring (bicyclic) bond motifs is 1. The van der Waals surface area contributed by atoms with E-state index in [2.05, 4.69) is 0 Å². The second-order valence-electron chi connectivity index (χ2n) is 7.22. The number of carbonyl (C=O) groups is 2. The molecule has 2 amide bonds. The first kappa shape index (κ1) is 18.5. The van der Waals surface area contributed by atoms with Gasteiger partial charge in [-0.3, -0.25) is 9.59 Å². The largest absolute Gasteiger partial charge is 0.490 e. The van der Waals surface area contributed by atoms with Gasteiger partial charge in [-0.1, -0.05) is 19.9 Å². The van der Waals surface area contributed by atoms with Gasteiger partial charge in [-0.05, 0) is 24.1 Å². The van der Waals surface area contributed by atoms with Crippen LogP contribution >= 0.6 is 0 Å². The summed E-state index contributed by atoms with van der Waals surface area (Å²) in [4.78, 5) is 28.6. The highest BCUT2D eigenvalue weighted by molar-refractivity contribution is 5.80. The Balaban J connectivity index is 1.60. The molecule has 2 aliphatic heterocycles. The molecule has 1 fully saturated rings. The van der Waals surface area contributed by atoms with E-state index in [9.17, 15) is 9.59 Å². The van der Waals surface area contributed by atoms with Crippen LogP contribution < -0.4 is 9.47 Å². The van der Waals surface area contributed by atoms with Gasteiger partial charge in [-0.25, -0.2) is 0 Å². The minimum absolute atomic E-state index is 0.000882. The van der Waals surface area contributed by atoms with Crippen LogP contribution in [0.3, 0.4) is 0 Å². The van der Waals surface area contributed by atoms with Crippen LogP contribution in [0.25, 0.3) is 0 Å². The Bertz CT molecular complexity index is 659. The number of amides is 2. The first-order valence-electron chi connectivity index (χ1n) is 9.49. The maximum Gasteiger partial charge on any atom is 0.227 e. The molecular weight excluding hydrogens is 332 g/mol. The van der Waals surface area contributed by atoms with Crippen LogP contribution in [0.15, 0.2) is 18.2 Å². The van der Waals surface area contributed by atoms with Gasteiger partial charge < -0.3 is 19.3 Å². The van der Waals surface area contributed by atoms with Crippen LogP contribution in [0.2, 0.25) is 0 Å². The van der Waals surface area contributed by atoms with Gasteiger partial charge in [0.25, 0.3) is 0 Å². The Hall–Kier alpha value is -2.24. The highest BCUT2D eigenvalue weighted by Gasteiger charge is 2.23. The molecule has 0 radical (unpaired) electrons.